The third kappa shape index (κ3) is 3.91. The van der Waals surface area contributed by atoms with Crippen LogP contribution in [0, 0.1) is 5.92 Å². The summed E-state index contributed by atoms with van der Waals surface area (Å²) in [6.45, 7) is 1.89. The number of carbonyl (C=O) groups is 1. The van der Waals surface area contributed by atoms with Crippen molar-refractivity contribution in [1.82, 2.24) is 4.90 Å². The number of allylic oxidation sites excluding steroid dienone is 1. The fourth-order valence-corrected chi connectivity index (χ4v) is 4.25. The maximum atomic E-state index is 12.2. The first-order valence-electron chi connectivity index (χ1n) is 9.30. The van der Waals surface area contributed by atoms with E-state index in [0.717, 1.165) is 28.3 Å². The van der Waals surface area contributed by atoms with Crippen LogP contribution in [0.5, 0.6) is 0 Å². The van der Waals surface area contributed by atoms with Gasteiger partial charge in [-0.1, -0.05) is 37.3 Å². The summed E-state index contributed by atoms with van der Waals surface area (Å²) < 4.78 is 32.3. The largest absolute Gasteiger partial charge is 0.455 e. The van der Waals surface area contributed by atoms with Gasteiger partial charge in [0.25, 0.3) is 0 Å². The molecule has 1 aliphatic rings. The lowest BCUT2D eigenvalue weighted by molar-refractivity contribution is -0.131. The molecule has 29 heavy (non-hydrogen) atoms. The molecule has 2 aromatic carbocycles. The van der Waals surface area contributed by atoms with Gasteiger partial charge in [-0.3, -0.25) is 9.52 Å². The standard InChI is InChI=1S/C22H22N2O4S/c1-14-9-17(13-24(2)22(14)25)19-12-18(23-29(3,26)27)10-16-11-20(28-21(16)19)15-7-5-4-6-8-15/h4-8,10-14,23H,9H2,1-3H3. The molecule has 6 nitrogen and oxygen atoms in total. The van der Waals surface area contributed by atoms with Crippen LogP contribution in [0.25, 0.3) is 27.9 Å². The minimum Gasteiger partial charge on any atom is -0.455 e. The van der Waals surface area contributed by atoms with Gasteiger partial charge in [-0.15, -0.1) is 0 Å². The van der Waals surface area contributed by atoms with E-state index in [4.69, 9.17) is 4.42 Å². The van der Waals surface area contributed by atoms with E-state index in [1.165, 1.54) is 0 Å². The van der Waals surface area contributed by atoms with Crippen molar-refractivity contribution in [3.05, 3.63) is 60.3 Å². The second kappa shape index (κ2) is 7.08. The van der Waals surface area contributed by atoms with Crippen molar-refractivity contribution in [3.8, 4) is 11.3 Å². The second-order valence-electron chi connectivity index (χ2n) is 7.50. The van der Waals surface area contributed by atoms with Crippen LogP contribution in [0.15, 0.2) is 59.1 Å². The van der Waals surface area contributed by atoms with E-state index in [1.807, 2.05) is 43.3 Å². The molecule has 0 fully saturated rings. The summed E-state index contributed by atoms with van der Waals surface area (Å²) in [5, 5.41) is 0.792. The molecule has 1 amide bonds. The number of sulfonamides is 1. The van der Waals surface area contributed by atoms with Crippen LogP contribution in [-0.4, -0.2) is 32.5 Å². The predicted molar refractivity (Wildman–Crippen MR) is 115 cm³/mol. The van der Waals surface area contributed by atoms with E-state index in [-0.39, 0.29) is 11.8 Å². The van der Waals surface area contributed by atoms with Crippen molar-refractivity contribution < 1.29 is 17.6 Å². The lowest BCUT2D eigenvalue weighted by Gasteiger charge is -2.26. The average Bonchev–Trinajstić information content (AvgIpc) is 3.08. The Bertz CT molecular complexity index is 1230. The Morgan fingerprint density at radius 3 is 2.52 bits per heavy atom. The van der Waals surface area contributed by atoms with Gasteiger partial charge in [0.2, 0.25) is 15.9 Å². The molecular formula is C22H22N2O4S. The van der Waals surface area contributed by atoms with Crippen molar-refractivity contribution >= 4 is 38.2 Å². The van der Waals surface area contributed by atoms with Gasteiger partial charge in [0.15, 0.2) is 0 Å². The van der Waals surface area contributed by atoms with E-state index in [9.17, 15) is 13.2 Å². The lowest BCUT2D eigenvalue weighted by Crippen LogP contribution is -2.31. The number of hydrogen-bond acceptors (Lipinski definition) is 4. The summed E-state index contributed by atoms with van der Waals surface area (Å²) >= 11 is 0. The first-order chi connectivity index (χ1) is 13.7. The Morgan fingerprint density at radius 1 is 1.14 bits per heavy atom. The third-order valence-corrected chi connectivity index (χ3v) is 5.58. The number of rotatable bonds is 4. The van der Waals surface area contributed by atoms with Crippen molar-refractivity contribution in [3.63, 3.8) is 0 Å². The molecule has 0 bridgehead atoms. The van der Waals surface area contributed by atoms with Gasteiger partial charge < -0.3 is 9.32 Å². The Morgan fingerprint density at radius 2 is 1.86 bits per heavy atom. The molecule has 1 atom stereocenters. The van der Waals surface area contributed by atoms with Gasteiger partial charge in [0.1, 0.15) is 11.3 Å². The quantitative estimate of drug-likeness (QED) is 0.695. The van der Waals surface area contributed by atoms with Gasteiger partial charge in [-0.05, 0) is 30.2 Å². The highest BCUT2D eigenvalue weighted by Gasteiger charge is 2.26. The fraction of sp³-hybridized carbons (Fsp3) is 0.227. The fourth-order valence-electron chi connectivity index (χ4n) is 3.70. The maximum absolute atomic E-state index is 12.2. The van der Waals surface area contributed by atoms with Crippen LogP contribution in [0.3, 0.4) is 0 Å². The molecule has 0 aliphatic carbocycles. The smallest absolute Gasteiger partial charge is 0.229 e. The number of amides is 1. The summed E-state index contributed by atoms with van der Waals surface area (Å²) in [6.07, 6.45) is 3.48. The van der Waals surface area contributed by atoms with Crippen LogP contribution in [0.4, 0.5) is 5.69 Å². The molecule has 0 radical (unpaired) electrons. The molecule has 150 valence electrons. The molecule has 0 saturated carbocycles. The van der Waals surface area contributed by atoms with Gasteiger partial charge in [0, 0.05) is 41.4 Å². The molecule has 1 unspecified atom stereocenters. The number of anilines is 1. The molecule has 2 heterocycles. The number of fused-ring (bicyclic) bond motifs is 1. The average molecular weight is 410 g/mol. The topological polar surface area (TPSA) is 79.6 Å². The number of benzene rings is 2. The summed E-state index contributed by atoms with van der Waals surface area (Å²) in [7, 11) is -1.71. The van der Waals surface area contributed by atoms with Crippen LogP contribution < -0.4 is 4.72 Å². The lowest BCUT2D eigenvalue weighted by atomic mass is 9.91. The Balaban J connectivity index is 1.92. The van der Waals surface area contributed by atoms with E-state index in [0.29, 0.717) is 23.5 Å². The highest BCUT2D eigenvalue weighted by molar-refractivity contribution is 7.92. The predicted octanol–water partition coefficient (Wildman–Crippen LogP) is 4.31. The van der Waals surface area contributed by atoms with Crippen LogP contribution in [0.2, 0.25) is 0 Å². The number of hydrogen-bond donors (Lipinski definition) is 1. The monoisotopic (exact) mass is 410 g/mol. The number of carbonyl (C=O) groups excluding carboxylic acids is 1. The molecule has 0 spiro atoms. The molecule has 1 aliphatic heterocycles. The van der Waals surface area contributed by atoms with Crippen molar-refractivity contribution in [2.75, 3.05) is 18.0 Å². The van der Waals surface area contributed by atoms with Crippen molar-refractivity contribution in [1.29, 1.82) is 0 Å². The van der Waals surface area contributed by atoms with E-state index >= 15 is 0 Å². The van der Waals surface area contributed by atoms with E-state index in [2.05, 4.69) is 4.72 Å². The SMILES string of the molecule is CC1CC(c2cc(NS(C)(=O)=O)cc3cc(-c4ccccc4)oc23)=CN(C)C1=O. The second-order valence-corrected chi connectivity index (χ2v) is 9.25. The zero-order chi connectivity index (χ0) is 20.8. The van der Waals surface area contributed by atoms with Crippen LogP contribution in [-0.2, 0) is 14.8 Å². The van der Waals surface area contributed by atoms with Gasteiger partial charge in [-0.2, -0.15) is 0 Å². The molecule has 1 N–H and O–H groups in total. The molecule has 4 rings (SSSR count). The Labute approximate surface area is 169 Å². The third-order valence-electron chi connectivity index (χ3n) is 4.97. The number of nitrogens with zero attached hydrogens (tertiary/aromatic N) is 1. The van der Waals surface area contributed by atoms with E-state index < -0.39 is 10.0 Å². The Hall–Kier alpha value is -3.06. The molecule has 0 saturated heterocycles. The normalized spacial score (nSPS) is 17.5. The van der Waals surface area contributed by atoms with Crippen LogP contribution in [0.1, 0.15) is 18.9 Å². The number of furan rings is 1. The zero-order valence-corrected chi connectivity index (χ0v) is 17.3. The Kier molecular flexibility index (Phi) is 4.70. The van der Waals surface area contributed by atoms with Crippen molar-refractivity contribution in [2.45, 2.75) is 13.3 Å². The molecule has 7 heteroatoms. The maximum Gasteiger partial charge on any atom is 0.229 e. The van der Waals surface area contributed by atoms with E-state index in [1.54, 1.807) is 30.3 Å². The highest BCUT2D eigenvalue weighted by atomic mass is 32.2. The summed E-state index contributed by atoms with van der Waals surface area (Å²) in [5.41, 5.74) is 3.77. The zero-order valence-electron chi connectivity index (χ0n) is 16.5. The van der Waals surface area contributed by atoms with Gasteiger partial charge in [0.05, 0.1) is 6.26 Å². The minimum atomic E-state index is -3.43. The first kappa shape index (κ1) is 19.3. The highest BCUT2D eigenvalue weighted by Crippen LogP contribution is 2.38. The molecular weight excluding hydrogens is 388 g/mol. The molecule has 1 aromatic heterocycles. The number of nitrogens with one attached hydrogen (secondary N) is 1. The summed E-state index contributed by atoms with van der Waals surface area (Å²) in [4.78, 5) is 13.8. The van der Waals surface area contributed by atoms with Crippen LogP contribution >= 0.6 is 0 Å². The molecule has 3 aromatic rings. The van der Waals surface area contributed by atoms with Gasteiger partial charge >= 0.3 is 0 Å². The van der Waals surface area contributed by atoms with Gasteiger partial charge in [-0.25, -0.2) is 8.42 Å². The first-order valence-corrected chi connectivity index (χ1v) is 11.2. The minimum absolute atomic E-state index is 0.0554. The summed E-state index contributed by atoms with van der Waals surface area (Å²) in [5.74, 6) is 0.595. The summed E-state index contributed by atoms with van der Waals surface area (Å²) in [6, 6.07) is 15.2. The van der Waals surface area contributed by atoms with Crippen molar-refractivity contribution in [2.24, 2.45) is 5.92 Å².